The lowest BCUT2D eigenvalue weighted by Crippen LogP contribution is -2.37. The van der Waals surface area contributed by atoms with E-state index in [1.54, 1.807) is 49.6 Å². The van der Waals surface area contributed by atoms with Crippen LogP contribution in [0.5, 0.6) is 0 Å². The number of carbonyl (C=O) groups excluding carboxylic acids is 3. The van der Waals surface area contributed by atoms with Gasteiger partial charge in [-0.3, -0.25) is 14.4 Å². The second-order valence-electron chi connectivity index (χ2n) is 12.3. The van der Waals surface area contributed by atoms with Crippen LogP contribution in [0.25, 0.3) is 10.9 Å². The zero-order chi connectivity index (χ0) is 36.0. The van der Waals surface area contributed by atoms with Crippen LogP contribution in [-0.4, -0.2) is 56.1 Å². The Morgan fingerprint density at radius 3 is 2.35 bits per heavy atom. The second-order valence-corrected chi connectivity index (χ2v) is 13.3. The number of amides is 3. The van der Waals surface area contributed by atoms with E-state index in [-0.39, 0.29) is 22.7 Å². The van der Waals surface area contributed by atoms with Crippen LogP contribution in [0, 0.1) is 0 Å². The zero-order valence-corrected chi connectivity index (χ0v) is 28.8. The average molecular weight is 715 g/mol. The van der Waals surface area contributed by atoms with Gasteiger partial charge in [-0.05, 0) is 97.6 Å². The number of thioether (sulfide) groups is 1. The summed E-state index contributed by atoms with van der Waals surface area (Å²) in [5.41, 5.74) is 2.20. The van der Waals surface area contributed by atoms with Crippen LogP contribution in [0.3, 0.4) is 0 Å². The third-order valence-corrected chi connectivity index (χ3v) is 9.75. The van der Waals surface area contributed by atoms with Crippen molar-refractivity contribution in [3.63, 3.8) is 0 Å². The Morgan fingerprint density at radius 1 is 0.863 bits per heavy atom. The highest BCUT2D eigenvalue weighted by molar-refractivity contribution is 7.98. The number of imide groups is 1. The Bertz CT molecular complexity index is 2020. The molecule has 5 aromatic rings. The van der Waals surface area contributed by atoms with Gasteiger partial charge in [0.2, 0.25) is 0 Å². The van der Waals surface area contributed by atoms with Gasteiger partial charge >= 0.3 is 6.18 Å². The predicted octanol–water partition coefficient (Wildman–Crippen LogP) is 8.33. The van der Waals surface area contributed by atoms with Gasteiger partial charge in [0.1, 0.15) is 5.69 Å². The Labute approximate surface area is 298 Å². The number of alkyl halides is 3. The van der Waals surface area contributed by atoms with Gasteiger partial charge in [-0.2, -0.15) is 13.2 Å². The zero-order valence-electron chi connectivity index (χ0n) is 28.0. The SMILES string of the molecule is COCCNC(=O)c1cccc(SCc2cccc(C(=O)N(C(=O)c3cc4ccc(C(F)(F)F)cc4[nH]3)c3ccc(N4CCCCC4)cc3)c2)c1. The van der Waals surface area contributed by atoms with E-state index in [4.69, 9.17) is 4.74 Å². The number of rotatable bonds is 11. The van der Waals surface area contributed by atoms with Crippen molar-refractivity contribution >= 4 is 51.8 Å². The highest BCUT2D eigenvalue weighted by Crippen LogP contribution is 2.33. The smallest absolute Gasteiger partial charge is 0.383 e. The van der Waals surface area contributed by atoms with Gasteiger partial charge in [0.25, 0.3) is 17.7 Å². The van der Waals surface area contributed by atoms with E-state index in [1.807, 2.05) is 30.3 Å². The molecule has 3 amide bonds. The molecule has 0 spiro atoms. The second kappa shape index (κ2) is 15.9. The highest BCUT2D eigenvalue weighted by Gasteiger charge is 2.32. The fourth-order valence-corrected chi connectivity index (χ4v) is 6.91. The van der Waals surface area contributed by atoms with Crippen molar-refractivity contribution in [2.24, 2.45) is 0 Å². The van der Waals surface area contributed by atoms with E-state index < -0.39 is 23.6 Å². The Kier molecular flexibility index (Phi) is 11.1. The highest BCUT2D eigenvalue weighted by atomic mass is 32.2. The van der Waals surface area contributed by atoms with Crippen molar-refractivity contribution in [1.29, 1.82) is 0 Å². The molecule has 0 radical (unpaired) electrons. The standard InChI is InChI=1S/C39H37F3N4O4S/c1-50-20-17-43-36(47)28-8-6-10-33(22-28)51-25-26-7-5-9-29(21-26)37(48)46(32-15-13-31(14-16-32)45-18-3-2-4-19-45)38(49)35-23-27-11-12-30(39(40,41)42)24-34(27)44-35/h5-16,21-24,44H,2-4,17-20,25H2,1H3,(H,43,47). The molecule has 2 heterocycles. The average Bonchev–Trinajstić information content (AvgIpc) is 3.59. The van der Waals surface area contributed by atoms with Crippen molar-refractivity contribution in [2.75, 3.05) is 43.2 Å². The quantitative estimate of drug-likeness (QED) is 0.0812. The summed E-state index contributed by atoms with van der Waals surface area (Å²) in [5.74, 6) is -0.998. The Balaban J connectivity index is 1.26. The molecule has 2 N–H and O–H groups in total. The molecular formula is C39H37F3N4O4S. The molecule has 264 valence electrons. The number of nitrogens with zero attached hydrogens (tertiary/aromatic N) is 2. The number of aromatic amines is 1. The minimum absolute atomic E-state index is 0.0179. The molecule has 8 nitrogen and oxygen atoms in total. The molecule has 51 heavy (non-hydrogen) atoms. The minimum atomic E-state index is -4.55. The molecule has 1 aliphatic heterocycles. The lowest BCUT2D eigenvalue weighted by atomic mass is 10.1. The number of methoxy groups -OCH3 is 1. The molecule has 1 fully saturated rings. The summed E-state index contributed by atoms with van der Waals surface area (Å²) in [7, 11) is 1.57. The number of anilines is 2. The van der Waals surface area contributed by atoms with E-state index >= 15 is 0 Å². The number of carbonyl (C=O) groups is 3. The molecule has 0 aliphatic carbocycles. The van der Waals surface area contributed by atoms with Crippen LogP contribution in [-0.2, 0) is 16.7 Å². The molecule has 1 aliphatic rings. The summed E-state index contributed by atoms with van der Waals surface area (Å²) in [6.45, 7) is 2.65. The van der Waals surface area contributed by atoms with Crippen LogP contribution in [0.4, 0.5) is 24.5 Å². The lowest BCUT2D eigenvalue weighted by Gasteiger charge is -2.29. The van der Waals surface area contributed by atoms with Crippen LogP contribution >= 0.6 is 11.8 Å². The van der Waals surface area contributed by atoms with E-state index in [1.165, 1.54) is 30.3 Å². The number of nitrogens with one attached hydrogen (secondary N) is 2. The third kappa shape index (κ3) is 8.63. The number of H-pyrrole nitrogens is 1. The van der Waals surface area contributed by atoms with Crippen LogP contribution < -0.4 is 15.1 Å². The van der Waals surface area contributed by atoms with E-state index in [0.29, 0.717) is 35.5 Å². The fourth-order valence-electron chi connectivity index (χ4n) is 6.02. The number of benzene rings is 4. The maximum absolute atomic E-state index is 14.3. The van der Waals surface area contributed by atoms with Gasteiger partial charge in [0.15, 0.2) is 0 Å². The van der Waals surface area contributed by atoms with Crippen LogP contribution in [0.1, 0.15) is 61.6 Å². The molecule has 0 bridgehead atoms. The first-order valence-corrected chi connectivity index (χ1v) is 17.6. The molecule has 12 heteroatoms. The maximum Gasteiger partial charge on any atom is 0.416 e. The summed E-state index contributed by atoms with van der Waals surface area (Å²) < 4.78 is 45.2. The van der Waals surface area contributed by atoms with Crippen molar-refractivity contribution in [2.45, 2.75) is 36.1 Å². The molecule has 1 aromatic heterocycles. The first kappa shape index (κ1) is 35.7. The molecule has 6 rings (SSSR count). The molecule has 4 aromatic carbocycles. The van der Waals surface area contributed by atoms with Gasteiger partial charge in [0.05, 0.1) is 17.9 Å². The third-order valence-electron chi connectivity index (χ3n) is 8.68. The van der Waals surface area contributed by atoms with Gasteiger partial charge in [-0.25, -0.2) is 4.90 Å². The summed E-state index contributed by atoms with van der Waals surface area (Å²) >= 11 is 1.50. The van der Waals surface area contributed by atoms with Gasteiger partial charge < -0.3 is 19.9 Å². The largest absolute Gasteiger partial charge is 0.416 e. The number of piperidine rings is 1. The summed E-state index contributed by atoms with van der Waals surface area (Å²) in [6, 6.07) is 26.1. The van der Waals surface area contributed by atoms with Crippen LogP contribution in [0.15, 0.2) is 102 Å². The molecule has 0 saturated carbocycles. The predicted molar refractivity (Wildman–Crippen MR) is 194 cm³/mol. The minimum Gasteiger partial charge on any atom is -0.383 e. The van der Waals surface area contributed by atoms with E-state index in [9.17, 15) is 27.6 Å². The lowest BCUT2D eigenvalue weighted by molar-refractivity contribution is -0.137. The Morgan fingerprint density at radius 2 is 1.61 bits per heavy atom. The normalized spacial score (nSPS) is 13.3. The van der Waals surface area contributed by atoms with E-state index in [2.05, 4.69) is 15.2 Å². The molecule has 1 saturated heterocycles. The summed E-state index contributed by atoms with van der Waals surface area (Å²) in [5, 5.41) is 3.22. The molecule has 0 unspecified atom stereocenters. The number of aromatic nitrogens is 1. The number of ether oxygens (including phenoxy) is 1. The maximum atomic E-state index is 14.3. The number of fused-ring (bicyclic) bond motifs is 1. The first-order chi connectivity index (χ1) is 24.6. The Hall–Kier alpha value is -5.07. The van der Waals surface area contributed by atoms with Gasteiger partial charge in [-0.1, -0.05) is 24.3 Å². The molecule has 0 atom stereocenters. The van der Waals surface area contributed by atoms with Crippen LogP contribution in [0.2, 0.25) is 0 Å². The van der Waals surface area contributed by atoms with Crippen molar-refractivity contribution in [1.82, 2.24) is 10.3 Å². The van der Waals surface area contributed by atoms with Gasteiger partial charge in [-0.15, -0.1) is 11.8 Å². The summed E-state index contributed by atoms with van der Waals surface area (Å²) in [6.07, 6.45) is -1.19. The van der Waals surface area contributed by atoms with Gasteiger partial charge in [0, 0.05) is 65.1 Å². The summed E-state index contributed by atoms with van der Waals surface area (Å²) in [4.78, 5) is 48.0. The van der Waals surface area contributed by atoms with Crippen molar-refractivity contribution in [3.05, 3.63) is 125 Å². The fraction of sp³-hybridized carbons (Fsp3) is 0.256. The first-order valence-electron chi connectivity index (χ1n) is 16.6. The monoisotopic (exact) mass is 714 g/mol. The van der Waals surface area contributed by atoms with Crippen molar-refractivity contribution < 1.29 is 32.3 Å². The number of hydrogen-bond acceptors (Lipinski definition) is 6. The van der Waals surface area contributed by atoms with E-state index in [0.717, 1.165) is 59.1 Å². The van der Waals surface area contributed by atoms with Crippen molar-refractivity contribution in [3.8, 4) is 0 Å². The number of hydrogen-bond donors (Lipinski definition) is 2. The number of halogens is 3. The topological polar surface area (TPSA) is 94.7 Å². The molecular weight excluding hydrogens is 678 g/mol.